The number of carbonyl (C=O) groups excluding carboxylic acids is 1. The predicted molar refractivity (Wildman–Crippen MR) is 136 cm³/mol. The van der Waals surface area contributed by atoms with Crippen LogP contribution in [0.1, 0.15) is 64.7 Å². The summed E-state index contributed by atoms with van der Waals surface area (Å²) in [5.74, 6) is -0.106. The number of hydrogen-bond donors (Lipinski definition) is 1. The normalized spacial score (nSPS) is 17.8. The maximum absolute atomic E-state index is 13.8. The molecule has 2 fully saturated rings. The van der Waals surface area contributed by atoms with Crippen LogP contribution in [0, 0.1) is 5.82 Å². The molecule has 1 amide bonds. The van der Waals surface area contributed by atoms with Gasteiger partial charge in [-0.2, -0.15) is 0 Å². The maximum Gasteiger partial charge on any atom is 0.271 e. The molecule has 1 N–H and O–H groups in total. The molecule has 36 heavy (non-hydrogen) atoms. The van der Waals surface area contributed by atoms with Crippen molar-refractivity contribution in [1.29, 1.82) is 0 Å². The Morgan fingerprint density at radius 2 is 1.72 bits per heavy atom. The number of benzene rings is 2. The van der Waals surface area contributed by atoms with E-state index in [1.165, 1.54) is 12.1 Å². The third-order valence-corrected chi connectivity index (χ3v) is 7.81. The first-order chi connectivity index (χ1) is 17.5. The third-order valence-electron chi connectivity index (χ3n) is 7.46. The molecule has 0 atom stereocenters. The van der Waals surface area contributed by atoms with E-state index in [4.69, 9.17) is 16.3 Å². The smallest absolute Gasteiger partial charge is 0.271 e. The fraction of sp³-hybridized carbons (Fsp3) is 0.357. The molecule has 0 bridgehead atoms. The van der Waals surface area contributed by atoms with Crippen LogP contribution in [0.5, 0.6) is 0 Å². The number of ether oxygens (including phenoxy) is 1. The third kappa shape index (κ3) is 4.42. The molecule has 8 heteroatoms. The van der Waals surface area contributed by atoms with E-state index in [-0.39, 0.29) is 34.3 Å². The van der Waals surface area contributed by atoms with E-state index in [1.807, 2.05) is 35.2 Å². The molecule has 2 aliphatic heterocycles. The summed E-state index contributed by atoms with van der Waals surface area (Å²) in [5, 5.41) is 3.31. The fourth-order valence-corrected chi connectivity index (χ4v) is 5.47. The molecular weight excluding hydrogens is 481 g/mol. The molecule has 3 heterocycles. The highest BCUT2D eigenvalue weighted by molar-refractivity contribution is 6.34. The van der Waals surface area contributed by atoms with Gasteiger partial charge in [-0.25, -0.2) is 4.39 Å². The molecule has 0 spiro atoms. The van der Waals surface area contributed by atoms with Crippen LogP contribution >= 0.6 is 11.6 Å². The Kier molecular flexibility index (Phi) is 6.05. The van der Waals surface area contributed by atoms with Crippen LogP contribution in [-0.4, -0.2) is 28.5 Å². The lowest BCUT2D eigenvalue weighted by Gasteiger charge is -2.33. The van der Waals surface area contributed by atoms with Gasteiger partial charge in [0.05, 0.1) is 24.5 Å². The number of fused-ring (bicyclic) bond motifs is 1. The van der Waals surface area contributed by atoms with Crippen molar-refractivity contribution < 1.29 is 13.9 Å². The Hall–Kier alpha value is -3.16. The number of carbonyl (C=O) groups is 1. The van der Waals surface area contributed by atoms with Gasteiger partial charge >= 0.3 is 0 Å². The van der Waals surface area contributed by atoms with E-state index in [0.717, 1.165) is 48.1 Å². The molecule has 3 aromatic rings. The highest BCUT2D eigenvalue weighted by Gasteiger charge is 2.32. The van der Waals surface area contributed by atoms with Gasteiger partial charge in [-0.15, -0.1) is 0 Å². The molecule has 0 radical (unpaired) electrons. The van der Waals surface area contributed by atoms with E-state index in [2.05, 4.69) is 5.32 Å². The number of aromatic nitrogens is 1. The second-order valence-corrected chi connectivity index (χ2v) is 10.3. The van der Waals surface area contributed by atoms with E-state index in [0.29, 0.717) is 37.6 Å². The first-order valence-corrected chi connectivity index (χ1v) is 12.8. The maximum atomic E-state index is 13.8. The zero-order chi connectivity index (χ0) is 24.8. The van der Waals surface area contributed by atoms with Crippen LogP contribution in [-0.2, 0) is 18.0 Å². The number of nitrogens with zero attached hydrogens (tertiary/aromatic N) is 2. The van der Waals surface area contributed by atoms with Crippen molar-refractivity contribution in [2.24, 2.45) is 0 Å². The van der Waals surface area contributed by atoms with Crippen molar-refractivity contribution in [2.45, 2.75) is 50.9 Å². The second kappa shape index (κ2) is 9.37. The van der Waals surface area contributed by atoms with Gasteiger partial charge in [0.1, 0.15) is 10.8 Å². The first kappa shape index (κ1) is 23.3. The summed E-state index contributed by atoms with van der Waals surface area (Å²) in [7, 11) is 0. The van der Waals surface area contributed by atoms with E-state index >= 15 is 0 Å². The molecule has 1 aliphatic carbocycles. The van der Waals surface area contributed by atoms with Crippen molar-refractivity contribution >= 4 is 28.9 Å². The molecule has 3 aliphatic rings. The largest absolute Gasteiger partial charge is 0.372 e. The van der Waals surface area contributed by atoms with Crippen LogP contribution in [0.3, 0.4) is 0 Å². The Bertz CT molecular complexity index is 1380. The average molecular weight is 508 g/mol. The highest BCUT2D eigenvalue weighted by atomic mass is 35.5. The molecule has 6 rings (SSSR count). The van der Waals surface area contributed by atoms with Crippen molar-refractivity contribution in [3.05, 3.63) is 92.1 Å². The second-order valence-electron chi connectivity index (χ2n) is 9.89. The van der Waals surface area contributed by atoms with Gasteiger partial charge in [0.15, 0.2) is 0 Å². The predicted octanol–water partition coefficient (Wildman–Crippen LogP) is 5.77. The Morgan fingerprint density at radius 3 is 2.44 bits per heavy atom. The van der Waals surface area contributed by atoms with Crippen molar-refractivity contribution in [3.63, 3.8) is 0 Å². The number of piperidine rings is 1. The molecule has 1 aromatic heterocycles. The zero-order valence-electron chi connectivity index (χ0n) is 19.8. The summed E-state index contributed by atoms with van der Waals surface area (Å²) in [6, 6.07) is 12.6. The number of likely N-dealkylation sites (tertiary alicyclic amines) is 1. The van der Waals surface area contributed by atoms with E-state index < -0.39 is 0 Å². The van der Waals surface area contributed by atoms with Gasteiger partial charge in [0.2, 0.25) is 0 Å². The lowest BCUT2D eigenvalue weighted by molar-refractivity contribution is 0.0713. The Labute approximate surface area is 213 Å². The Morgan fingerprint density at radius 1 is 1.00 bits per heavy atom. The van der Waals surface area contributed by atoms with Crippen LogP contribution in [0.25, 0.3) is 0 Å². The van der Waals surface area contributed by atoms with Gasteiger partial charge in [-0.05, 0) is 72.6 Å². The molecule has 2 aromatic carbocycles. The number of hydrogen-bond acceptors (Lipinski definition) is 4. The molecule has 0 unspecified atom stereocenters. The summed E-state index contributed by atoms with van der Waals surface area (Å²) < 4.78 is 20.5. The summed E-state index contributed by atoms with van der Waals surface area (Å²) >= 11 is 6.62. The van der Waals surface area contributed by atoms with E-state index in [9.17, 15) is 14.0 Å². The number of rotatable bonds is 5. The molecular formula is C28H27ClFN3O3. The van der Waals surface area contributed by atoms with Crippen LogP contribution in [0.4, 0.5) is 15.8 Å². The number of pyridine rings is 1. The minimum Gasteiger partial charge on any atom is -0.372 e. The summed E-state index contributed by atoms with van der Waals surface area (Å²) in [5.41, 5.74) is 4.55. The van der Waals surface area contributed by atoms with Crippen molar-refractivity contribution in [1.82, 2.24) is 9.47 Å². The summed E-state index contributed by atoms with van der Waals surface area (Å²) in [4.78, 5) is 28.7. The van der Waals surface area contributed by atoms with Gasteiger partial charge in [0.25, 0.3) is 11.5 Å². The van der Waals surface area contributed by atoms with Crippen LogP contribution < -0.4 is 10.9 Å². The minimum atomic E-state index is -0.280. The van der Waals surface area contributed by atoms with Gasteiger partial charge in [-0.1, -0.05) is 29.8 Å². The highest BCUT2D eigenvalue weighted by Crippen LogP contribution is 2.37. The van der Waals surface area contributed by atoms with Crippen LogP contribution in [0.15, 0.2) is 53.5 Å². The zero-order valence-corrected chi connectivity index (χ0v) is 20.6. The topological polar surface area (TPSA) is 63.6 Å². The lowest BCUT2D eigenvalue weighted by Crippen LogP contribution is -2.39. The molecule has 1 saturated carbocycles. The molecule has 6 nitrogen and oxygen atoms in total. The number of amides is 1. The van der Waals surface area contributed by atoms with Gasteiger partial charge in [-0.3, -0.25) is 9.59 Å². The van der Waals surface area contributed by atoms with Gasteiger partial charge in [0, 0.05) is 31.0 Å². The summed E-state index contributed by atoms with van der Waals surface area (Å²) in [6.07, 6.45) is 5.08. The van der Waals surface area contributed by atoms with Crippen molar-refractivity contribution in [3.8, 4) is 0 Å². The number of halogens is 2. The Balaban J connectivity index is 1.28. The molecule has 186 valence electrons. The quantitative estimate of drug-likeness (QED) is 0.476. The fourth-order valence-electron chi connectivity index (χ4n) is 5.22. The van der Waals surface area contributed by atoms with Crippen molar-refractivity contribution in [2.75, 3.05) is 18.4 Å². The molecule has 1 saturated heterocycles. The van der Waals surface area contributed by atoms with E-state index in [1.54, 1.807) is 10.8 Å². The minimum absolute atomic E-state index is 0.0331. The van der Waals surface area contributed by atoms with Gasteiger partial charge < -0.3 is 19.5 Å². The van der Waals surface area contributed by atoms with Crippen LogP contribution in [0.2, 0.25) is 5.02 Å². The lowest BCUT2D eigenvalue weighted by atomic mass is 9.89. The first-order valence-electron chi connectivity index (χ1n) is 12.4. The standard InChI is InChI=1S/C28H27ClFN3O3/c29-25-26(31-22-6-3-19-15-36-16-20(19)13-22)24(14-33(28(25)35)23-7-8-23)27(34)32-11-9-18(10-12-32)17-1-4-21(30)5-2-17/h1-6,13-14,18,23,31H,7-12,15-16H2. The number of anilines is 2. The average Bonchev–Trinajstić information content (AvgIpc) is 3.63. The summed E-state index contributed by atoms with van der Waals surface area (Å²) in [6.45, 7) is 2.29. The monoisotopic (exact) mass is 507 g/mol. The number of nitrogens with one attached hydrogen (secondary N) is 1. The SMILES string of the molecule is O=C(c1cn(C2CC2)c(=O)c(Cl)c1Nc1ccc2c(c1)COC2)N1CCC(c2ccc(F)cc2)CC1.